The first-order valence-corrected chi connectivity index (χ1v) is 15.1. The maximum absolute atomic E-state index is 14.4. The van der Waals surface area contributed by atoms with Crippen LogP contribution in [0, 0.1) is 17.5 Å². The molecule has 0 bridgehead atoms. The molecule has 2 fully saturated rings. The van der Waals surface area contributed by atoms with Crippen LogP contribution in [-0.2, 0) is 5.54 Å². The number of amides is 3. The molecule has 12 heteroatoms. The van der Waals surface area contributed by atoms with Crippen LogP contribution in [-0.4, -0.2) is 79.6 Å². The molecule has 0 N–H and O–H groups in total. The topological polar surface area (TPSA) is 91.6 Å². The second-order valence-electron chi connectivity index (χ2n) is 12.4. The second-order valence-corrected chi connectivity index (χ2v) is 12.4. The number of fused-ring (bicyclic) bond motifs is 1. The highest BCUT2D eigenvalue weighted by Crippen LogP contribution is 2.33. The Labute approximate surface area is 253 Å². The van der Waals surface area contributed by atoms with Gasteiger partial charge in [0.05, 0.1) is 28.9 Å². The Hall–Kier alpha value is -4.06. The third-order valence-electron chi connectivity index (χ3n) is 9.46. The lowest BCUT2D eigenvalue weighted by Crippen LogP contribution is -2.54. The van der Waals surface area contributed by atoms with Gasteiger partial charge in [0.15, 0.2) is 0 Å². The van der Waals surface area contributed by atoms with Gasteiger partial charge in [0.2, 0.25) is 0 Å². The molecule has 3 aromatic rings. The van der Waals surface area contributed by atoms with E-state index < -0.39 is 29.0 Å². The van der Waals surface area contributed by atoms with E-state index in [1.807, 2.05) is 13.8 Å². The molecular weight excluding hydrogens is 573 g/mol. The maximum atomic E-state index is 14.4. The zero-order chi connectivity index (χ0) is 31.3. The van der Waals surface area contributed by atoms with Crippen molar-refractivity contribution in [2.24, 2.45) is 0 Å². The van der Waals surface area contributed by atoms with Crippen molar-refractivity contribution in [1.29, 1.82) is 0 Å². The van der Waals surface area contributed by atoms with E-state index in [2.05, 4.69) is 15.2 Å². The smallest absolute Gasteiger partial charge is 0.261 e. The Kier molecular flexibility index (Phi) is 7.81. The third-order valence-corrected chi connectivity index (χ3v) is 9.46. The number of rotatable bonds is 6. The molecule has 3 aliphatic rings. The van der Waals surface area contributed by atoms with Crippen LogP contribution in [0.5, 0.6) is 0 Å². The van der Waals surface area contributed by atoms with Gasteiger partial charge in [-0.3, -0.25) is 24.2 Å². The number of carbonyl (C=O) groups is 3. The van der Waals surface area contributed by atoms with Gasteiger partial charge in [-0.2, -0.15) is 0 Å². The first-order valence-electron chi connectivity index (χ1n) is 15.1. The van der Waals surface area contributed by atoms with Crippen LogP contribution < -0.4 is 0 Å². The van der Waals surface area contributed by atoms with Crippen LogP contribution in [0.2, 0.25) is 0 Å². The predicted octanol–water partition coefficient (Wildman–Crippen LogP) is 4.93. The lowest BCUT2D eigenvalue weighted by molar-refractivity contribution is 0.0378. The summed E-state index contributed by atoms with van der Waals surface area (Å²) in [5, 5.41) is 8.39. The van der Waals surface area contributed by atoms with Crippen LogP contribution in [0.15, 0.2) is 36.5 Å². The zero-order valence-corrected chi connectivity index (χ0v) is 25.0. The highest BCUT2D eigenvalue weighted by molar-refractivity contribution is 6.22. The summed E-state index contributed by atoms with van der Waals surface area (Å²) < 4.78 is 43.5. The summed E-state index contributed by atoms with van der Waals surface area (Å²) in [6, 6.07) is 5.13. The Morgan fingerprint density at radius 2 is 1.55 bits per heavy atom. The molecule has 0 unspecified atom stereocenters. The van der Waals surface area contributed by atoms with E-state index in [0.717, 1.165) is 32.1 Å². The first-order chi connectivity index (χ1) is 21.0. The molecule has 2 aliphatic heterocycles. The molecule has 3 amide bonds. The van der Waals surface area contributed by atoms with Crippen LogP contribution in [0.25, 0.3) is 0 Å². The van der Waals surface area contributed by atoms with E-state index in [-0.39, 0.29) is 29.3 Å². The second kappa shape index (κ2) is 11.5. The van der Waals surface area contributed by atoms with Crippen molar-refractivity contribution < 1.29 is 27.6 Å². The van der Waals surface area contributed by atoms with Gasteiger partial charge in [0, 0.05) is 55.5 Å². The van der Waals surface area contributed by atoms with Crippen LogP contribution >= 0.6 is 0 Å². The summed E-state index contributed by atoms with van der Waals surface area (Å²) >= 11 is 0. The van der Waals surface area contributed by atoms with Crippen molar-refractivity contribution in [3.05, 3.63) is 81.9 Å². The summed E-state index contributed by atoms with van der Waals surface area (Å²) in [7, 11) is 0. The summed E-state index contributed by atoms with van der Waals surface area (Å²) in [5.41, 5.74) is 0.694. The number of hydrogen-bond acceptors (Lipinski definition) is 6. The van der Waals surface area contributed by atoms with E-state index in [1.54, 1.807) is 36.2 Å². The number of aromatic nitrogens is 3. The molecule has 2 aromatic carbocycles. The van der Waals surface area contributed by atoms with E-state index in [1.165, 1.54) is 9.58 Å². The average molecular weight is 609 g/mol. The number of halogens is 3. The Balaban J connectivity index is 1.11. The van der Waals surface area contributed by atoms with Gasteiger partial charge in [0.1, 0.15) is 23.1 Å². The Morgan fingerprint density at radius 3 is 2.20 bits per heavy atom. The number of carbonyl (C=O) groups excluding carboxylic acids is 3. The molecule has 0 radical (unpaired) electrons. The first kappa shape index (κ1) is 30.0. The number of hydrogen-bond donors (Lipinski definition) is 0. The summed E-state index contributed by atoms with van der Waals surface area (Å²) in [6.45, 7) is 7.40. The fourth-order valence-corrected chi connectivity index (χ4v) is 6.71. The maximum Gasteiger partial charge on any atom is 0.261 e. The Bertz CT molecular complexity index is 1600. The third kappa shape index (κ3) is 5.18. The highest BCUT2D eigenvalue weighted by atomic mass is 19.1. The lowest BCUT2D eigenvalue weighted by atomic mass is 9.94. The molecule has 3 heterocycles. The standard InChI is InChI=1S/C32H35F3N6O3/c1-19(28-25(34)16-21(33)17-26(28)35)40-18-27(36-37-40)32(2,3)39-13-11-38(12-14-39)29(42)20-9-10-23-24(15-20)31(44)41(30(23)43)22-7-5-4-6-8-22/h9-10,15-19,22H,4-8,11-14H2,1-3H3/t19-/m0/s1. The van der Waals surface area contributed by atoms with Gasteiger partial charge in [0.25, 0.3) is 17.7 Å². The van der Waals surface area contributed by atoms with Crippen LogP contribution in [0.1, 0.15) is 101 Å². The van der Waals surface area contributed by atoms with Crippen molar-refractivity contribution in [3.63, 3.8) is 0 Å². The van der Waals surface area contributed by atoms with Gasteiger partial charge in [-0.1, -0.05) is 24.5 Å². The molecule has 1 aliphatic carbocycles. The minimum atomic E-state index is -0.993. The molecule has 0 spiro atoms. The minimum Gasteiger partial charge on any atom is -0.336 e. The van der Waals surface area contributed by atoms with Crippen molar-refractivity contribution >= 4 is 17.7 Å². The fourth-order valence-electron chi connectivity index (χ4n) is 6.71. The van der Waals surface area contributed by atoms with Gasteiger partial charge >= 0.3 is 0 Å². The van der Waals surface area contributed by atoms with Crippen LogP contribution in [0.4, 0.5) is 13.2 Å². The van der Waals surface area contributed by atoms with Crippen molar-refractivity contribution in [2.45, 2.75) is 70.5 Å². The molecule has 1 aromatic heterocycles. The normalized spacial score (nSPS) is 19.0. The monoisotopic (exact) mass is 608 g/mol. The molecule has 6 rings (SSSR count). The molecule has 44 heavy (non-hydrogen) atoms. The van der Waals surface area contributed by atoms with Gasteiger partial charge in [-0.25, -0.2) is 17.9 Å². The van der Waals surface area contributed by atoms with E-state index in [0.29, 0.717) is 60.7 Å². The summed E-state index contributed by atoms with van der Waals surface area (Å²) in [6.07, 6.45) is 6.37. The average Bonchev–Trinajstić information content (AvgIpc) is 3.60. The van der Waals surface area contributed by atoms with Gasteiger partial charge in [-0.15, -0.1) is 5.10 Å². The predicted molar refractivity (Wildman–Crippen MR) is 154 cm³/mol. The number of imide groups is 1. The Morgan fingerprint density at radius 1 is 0.909 bits per heavy atom. The number of nitrogens with zero attached hydrogens (tertiary/aromatic N) is 6. The molecule has 232 valence electrons. The van der Waals surface area contributed by atoms with Crippen molar-refractivity contribution in [3.8, 4) is 0 Å². The highest BCUT2D eigenvalue weighted by Gasteiger charge is 2.41. The quantitative estimate of drug-likeness (QED) is 0.369. The van der Waals surface area contributed by atoms with Crippen molar-refractivity contribution in [2.75, 3.05) is 26.2 Å². The summed E-state index contributed by atoms with van der Waals surface area (Å²) in [5.74, 6) is -3.77. The molecule has 1 saturated heterocycles. The van der Waals surface area contributed by atoms with Crippen LogP contribution in [0.3, 0.4) is 0 Å². The molecular formula is C32H35F3N6O3. The summed E-state index contributed by atoms with van der Waals surface area (Å²) in [4.78, 5) is 45.0. The van der Waals surface area contributed by atoms with Crippen molar-refractivity contribution in [1.82, 2.24) is 29.7 Å². The van der Waals surface area contributed by atoms with Gasteiger partial charge in [-0.05, 0) is 51.8 Å². The largest absolute Gasteiger partial charge is 0.336 e. The fraction of sp³-hybridized carbons (Fsp3) is 0.469. The minimum absolute atomic E-state index is 0.0817. The molecule has 9 nitrogen and oxygen atoms in total. The lowest BCUT2D eigenvalue weighted by Gasteiger charge is -2.43. The van der Waals surface area contributed by atoms with E-state index >= 15 is 0 Å². The van der Waals surface area contributed by atoms with Gasteiger partial charge < -0.3 is 4.90 Å². The SMILES string of the molecule is C[C@@H](c1c(F)cc(F)cc1F)n1cc(C(C)(C)N2CCN(C(=O)c3ccc4c(c3)C(=O)N(C3CCCCC3)C4=O)CC2)nn1. The molecule has 1 atom stereocenters. The number of piperazine rings is 1. The number of benzene rings is 2. The zero-order valence-electron chi connectivity index (χ0n) is 25.0. The van der Waals surface area contributed by atoms with E-state index in [9.17, 15) is 27.6 Å². The van der Waals surface area contributed by atoms with E-state index in [4.69, 9.17) is 0 Å². The molecule has 1 saturated carbocycles.